The quantitative estimate of drug-likeness (QED) is 0.431. The first-order valence-electron chi connectivity index (χ1n) is 8.27. The summed E-state index contributed by atoms with van der Waals surface area (Å²) >= 11 is 5.81. The average molecular weight is 376 g/mol. The Morgan fingerprint density at radius 1 is 0.926 bits per heavy atom. The number of nitrogens with one attached hydrogen (secondary N) is 1. The maximum Gasteiger partial charge on any atom is 0.283 e. The number of para-hydroxylation sites is 1. The highest BCUT2D eigenvalue weighted by Gasteiger charge is 2.24. The van der Waals surface area contributed by atoms with Crippen LogP contribution < -0.4 is 5.56 Å². The lowest BCUT2D eigenvalue weighted by atomic mass is 10.0. The maximum absolute atomic E-state index is 13.1. The van der Waals surface area contributed by atoms with Gasteiger partial charge < -0.3 is 0 Å². The number of hydrogen-bond acceptors (Lipinski definition) is 3. The number of aromatic amines is 1. The number of carbonyl (C=O) groups is 1. The molecule has 4 aromatic rings. The van der Waals surface area contributed by atoms with Crippen LogP contribution in [-0.2, 0) is 0 Å². The van der Waals surface area contributed by atoms with E-state index in [1.165, 1.54) is 16.9 Å². The van der Waals surface area contributed by atoms with E-state index in [1.807, 2.05) is 48.5 Å². The van der Waals surface area contributed by atoms with Crippen LogP contribution in [0.4, 0.5) is 0 Å². The standard InChI is InChI=1S/C21H14ClN3O2/c22-17-12-11-15(13-23-17)20(26)18-19(14-7-3-1-4-8-14)24-25(21(18)27)16-9-5-2-6-10-16/h1-13,24H. The van der Waals surface area contributed by atoms with Gasteiger partial charge in [-0.15, -0.1) is 0 Å². The Kier molecular flexibility index (Phi) is 4.44. The van der Waals surface area contributed by atoms with Crippen molar-refractivity contribution in [2.45, 2.75) is 0 Å². The number of benzene rings is 2. The van der Waals surface area contributed by atoms with Gasteiger partial charge in [0.25, 0.3) is 5.56 Å². The highest BCUT2D eigenvalue weighted by Crippen LogP contribution is 2.23. The first-order valence-corrected chi connectivity index (χ1v) is 8.65. The number of hydrogen-bond donors (Lipinski definition) is 1. The van der Waals surface area contributed by atoms with E-state index >= 15 is 0 Å². The van der Waals surface area contributed by atoms with Gasteiger partial charge in [-0.3, -0.25) is 14.7 Å². The third-order valence-electron chi connectivity index (χ3n) is 4.18. The zero-order chi connectivity index (χ0) is 18.8. The molecule has 0 spiro atoms. The lowest BCUT2D eigenvalue weighted by Crippen LogP contribution is -2.20. The minimum atomic E-state index is -0.417. The molecule has 132 valence electrons. The molecule has 0 bridgehead atoms. The first-order chi connectivity index (χ1) is 13.1. The molecule has 0 aliphatic heterocycles. The molecule has 0 saturated carbocycles. The number of ketones is 1. The molecule has 6 heteroatoms. The minimum Gasteiger partial charge on any atom is -0.290 e. The largest absolute Gasteiger partial charge is 0.290 e. The van der Waals surface area contributed by atoms with Gasteiger partial charge in [0.2, 0.25) is 5.78 Å². The molecular formula is C21H14ClN3O2. The molecule has 0 saturated heterocycles. The molecule has 27 heavy (non-hydrogen) atoms. The van der Waals surface area contributed by atoms with Gasteiger partial charge >= 0.3 is 0 Å². The maximum atomic E-state index is 13.1. The van der Waals surface area contributed by atoms with Crippen LogP contribution >= 0.6 is 11.6 Å². The van der Waals surface area contributed by atoms with Gasteiger partial charge in [-0.25, -0.2) is 9.67 Å². The third kappa shape index (κ3) is 3.20. The Hall–Kier alpha value is -3.44. The second-order valence-electron chi connectivity index (χ2n) is 5.90. The monoisotopic (exact) mass is 375 g/mol. The number of pyridine rings is 1. The Morgan fingerprint density at radius 2 is 1.59 bits per heavy atom. The number of carbonyl (C=O) groups excluding carboxylic acids is 1. The number of aromatic nitrogens is 3. The molecule has 0 aliphatic carbocycles. The van der Waals surface area contributed by atoms with Gasteiger partial charge in [0.1, 0.15) is 10.7 Å². The Bertz CT molecular complexity index is 1150. The van der Waals surface area contributed by atoms with Gasteiger partial charge in [-0.1, -0.05) is 60.1 Å². The predicted octanol–water partition coefficient (Wildman–Crippen LogP) is 4.11. The fourth-order valence-electron chi connectivity index (χ4n) is 2.87. The normalized spacial score (nSPS) is 10.7. The number of nitrogens with zero attached hydrogens (tertiary/aromatic N) is 2. The van der Waals surface area contributed by atoms with Crippen molar-refractivity contribution < 1.29 is 4.79 Å². The van der Waals surface area contributed by atoms with Crippen molar-refractivity contribution >= 4 is 17.4 Å². The summed E-state index contributed by atoms with van der Waals surface area (Å²) in [4.78, 5) is 30.2. The Labute approximate surface area is 159 Å². The highest BCUT2D eigenvalue weighted by atomic mass is 35.5. The molecule has 1 N–H and O–H groups in total. The SMILES string of the molecule is O=C(c1ccc(Cl)nc1)c1c(-c2ccccc2)[nH]n(-c2ccccc2)c1=O. The summed E-state index contributed by atoms with van der Waals surface area (Å²) in [6, 6.07) is 21.5. The second-order valence-corrected chi connectivity index (χ2v) is 6.29. The van der Waals surface area contributed by atoms with E-state index in [0.717, 1.165) is 5.56 Å². The molecule has 0 unspecified atom stereocenters. The van der Waals surface area contributed by atoms with Crippen molar-refractivity contribution in [3.05, 3.63) is 106 Å². The molecule has 0 amide bonds. The summed E-state index contributed by atoms with van der Waals surface area (Å²) in [6.07, 6.45) is 1.37. The van der Waals surface area contributed by atoms with Gasteiger partial charge in [-0.05, 0) is 24.3 Å². The van der Waals surface area contributed by atoms with Crippen molar-refractivity contribution in [2.75, 3.05) is 0 Å². The van der Waals surface area contributed by atoms with E-state index in [0.29, 0.717) is 16.9 Å². The zero-order valence-electron chi connectivity index (χ0n) is 14.1. The van der Waals surface area contributed by atoms with E-state index in [-0.39, 0.29) is 10.7 Å². The Morgan fingerprint density at radius 3 is 2.22 bits per heavy atom. The van der Waals surface area contributed by atoms with Crippen molar-refractivity contribution in [3.8, 4) is 16.9 Å². The molecule has 0 fully saturated rings. The Balaban J connectivity index is 1.94. The lowest BCUT2D eigenvalue weighted by Gasteiger charge is -2.02. The fourth-order valence-corrected chi connectivity index (χ4v) is 2.99. The fraction of sp³-hybridized carbons (Fsp3) is 0. The summed E-state index contributed by atoms with van der Waals surface area (Å²) < 4.78 is 1.37. The summed E-state index contributed by atoms with van der Waals surface area (Å²) in [6.45, 7) is 0. The average Bonchev–Trinajstić information content (AvgIpc) is 3.06. The van der Waals surface area contributed by atoms with Gasteiger partial charge in [0.15, 0.2) is 0 Å². The topological polar surface area (TPSA) is 67.8 Å². The number of rotatable bonds is 4. The van der Waals surface area contributed by atoms with Crippen LogP contribution in [0, 0.1) is 0 Å². The summed E-state index contributed by atoms with van der Waals surface area (Å²) in [5.74, 6) is -0.408. The van der Waals surface area contributed by atoms with Crippen LogP contribution in [-0.4, -0.2) is 20.5 Å². The van der Waals surface area contributed by atoms with E-state index in [2.05, 4.69) is 10.1 Å². The molecule has 2 aromatic carbocycles. The van der Waals surface area contributed by atoms with E-state index in [9.17, 15) is 9.59 Å². The van der Waals surface area contributed by atoms with Crippen LogP contribution in [0.25, 0.3) is 16.9 Å². The van der Waals surface area contributed by atoms with Gasteiger partial charge in [-0.2, -0.15) is 0 Å². The van der Waals surface area contributed by atoms with Crippen molar-refractivity contribution in [2.24, 2.45) is 0 Å². The first kappa shape index (κ1) is 17.0. The third-order valence-corrected chi connectivity index (χ3v) is 4.41. The highest BCUT2D eigenvalue weighted by molar-refractivity contribution is 6.29. The van der Waals surface area contributed by atoms with E-state index in [4.69, 9.17) is 11.6 Å². The minimum absolute atomic E-state index is 0.0641. The molecule has 4 rings (SSSR count). The van der Waals surface area contributed by atoms with Crippen molar-refractivity contribution in [1.29, 1.82) is 0 Å². The smallest absolute Gasteiger partial charge is 0.283 e. The van der Waals surface area contributed by atoms with Gasteiger partial charge in [0, 0.05) is 17.3 Å². The van der Waals surface area contributed by atoms with Crippen LogP contribution in [0.3, 0.4) is 0 Å². The number of H-pyrrole nitrogens is 1. The van der Waals surface area contributed by atoms with Crippen LogP contribution in [0.1, 0.15) is 15.9 Å². The predicted molar refractivity (Wildman–Crippen MR) is 105 cm³/mol. The summed E-state index contributed by atoms with van der Waals surface area (Å²) in [7, 11) is 0. The molecule has 0 radical (unpaired) electrons. The summed E-state index contributed by atoms with van der Waals surface area (Å²) in [5.41, 5.74) is 1.80. The van der Waals surface area contributed by atoms with Crippen LogP contribution in [0.5, 0.6) is 0 Å². The lowest BCUT2D eigenvalue weighted by molar-refractivity contribution is 0.103. The van der Waals surface area contributed by atoms with E-state index < -0.39 is 11.3 Å². The summed E-state index contributed by atoms with van der Waals surface area (Å²) in [5, 5.41) is 3.36. The van der Waals surface area contributed by atoms with Crippen LogP contribution in [0.2, 0.25) is 5.15 Å². The zero-order valence-corrected chi connectivity index (χ0v) is 14.9. The van der Waals surface area contributed by atoms with E-state index in [1.54, 1.807) is 18.2 Å². The number of halogens is 1. The molecular weight excluding hydrogens is 362 g/mol. The molecule has 2 aromatic heterocycles. The second kappa shape index (κ2) is 7.05. The van der Waals surface area contributed by atoms with Gasteiger partial charge in [0.05, 0.1) is 11.4 Å². The van der Waals surface area contributed by atoms with Crippen LogP contribution in [0.15, 0.2) is 83.8 Å². The molecule has 0 atom stereocenters. The van der Waals surface area contributed by atoms with Crippen molar-refractivity contribution in [1.82, 2.24) is 14.8 Å². The molecule has 2 heterocycles. The molecule has 0 aliphatic rings. The molecule has 5 nitrogen and oxygen atoms in total. The van der Waals surface area contributed by atoms with Crippen molar-refractivity contribution in [3.63, 3.8) is 0 Å².